The average molecular weight is 411 g/mol. The lowest BCUT2D eigenvalue weighted by atomic mass is 9.88. The van der Waals surface area contributed by atoms with Crippen molar-refractivity contribution in [3.63, 3.8) is 0 Å². The van der Waals surface area contributed by atoms with E-state index in [0.29, 0.717) is 13.1 Å². The lowest BCUT2D eigenvalue weighted by molar-refractivity contribution is -0.145. The van der Waals surface area contributed by atoms with E-state index in [1.807, 2.05) is 49.1 Å². The van der Waals surface area contributed by atoms with Gasteiger partial charge < -0.3 is 14.2 Å². The molecule has 1 aliphatic rings. The molecule has 0 aliphatic heterocycles. The van der Waals surface area contributed by atoms with Crippen LogP contribution >= 0.6 is 0 Å². The van der Waals surface area contributed by atoms with E-state index in [4.69, 9.17) is 4.42 Å². The summed E-state index contributed by atoms with van der Waals surface area (Å²) >= 11 is 0. The Morgan fingerprint density at radius 2 is 1.77 bits per heavy atom. The highest BCUT2D eigenvalue weighted by molar-refractivity contribution is 5.86. The van der Waals surface area contributed by atoms with Gasteiger partial charge in [-0.1, -0.05) is 49.6 Å². The number of benzene rings is 1. The minimum atomic E-state index is -0.0276. The highest BCUT2D eigenvalue weighted by Gasteiger charge is 2.30. The molecule has 2 amide bonds. The first-order valence-electron chi connectivity index (χ1n) is 11.2. The van der Waals surface area contributed by atoms with E-state index >= 15 is 0 Å². The van der Waals surface area contributed by atoms with Gasteiger partial charge >= 0.3 is 0 Å². The summed E-state index contributed by atoms with van der Waals surface area (Å²) in [6, 6.07) is 13.9. The molecule has 1 heterocycles. The van der Waals surface area contributed by atoms with Crippen LogP contribution in [0, 0.1) is 5.92 Å². The Morgan fingerprint density at radius 1 is 1.03 bits per heavy atom. The van der Waals surface area contributed by atoms with Crippen LogP contribution in [0.15, 0.2) is 53.1 Å². The van der Waals surface area contributed by atoms with Gasteiger partial charge in [-0.2, -0.15) is 0 Å². The van der Waals surface area contributed by atoms with E-state index in [9.17, 15) is 9.59 Å². The molecule has 1 fully saturated rings. The van der Waals surface area contributed by atoms with E-state index in [1.165, 1.54) is 12.0 Å². The van der Waals surface area contributed by atoms with Crippen LogP contribution in [-0.2, 0) is 22.6 Å². The third-order valence-corrected chi connectivity index (χ3v) is 5.96. The van der Waals surface area contributed by atoms with Crippen molar-refractivity contribution in [1.82, 2.24) is 9.80 Å². The van der Waals surface area contributed by atoms with E-state index in [-0.39, 0.29) is 30.3 Å². The minimum absolute atomic E-state index is 0.00274. The molecule has 0 spiro atoms. The van der Waals surface area contributed by atoms with Gasteiger partial charge in [0.1, 0.15) is 5.76 Å². The normalized spacial score (nSPS) is 14.6. The second-order valence-corrected chi connectivity index (χ2v) is 8.53. The first kappa shape index (κ1) is 22.1. The zero-order chi connectivity index (χ0) is 21.3. The number of carbonyl (C=O) groups excluding carboxylic acids is 2. The summed E-state index contributed by atoms with van der Waals surface area (Å²) in [6.45, 7) is 5.13. The van der Waals surface area contributed by atoms with E-state index in [2.05, 4.69) is 12.1 Å². The van der Waals surface area contributed by atoms with Crippen LogP contribution in [0.5, 0.6) is 0 Å². The van der Waals surface area contributed by atoms with Gasteiger partial charge in [0.2, 0.25) is 11.8 Å². The van der Waals surface area contributed by atoms with Crippen molar-refractivity contribution in [2.75, 3.05) is 13.1 Å². The molecule has 162 valence electrons. The van der Waals surface area contributed by atoms with Crippen LogP contribution in [-0.4, -0.2) is 40.7 Å². The SMILES string of the molecule is CC(C)N(CC(=O)N(CCc1ccccc1)Cc1ccco1)C(=O)C1CCCCC1. The van der Waals surface area contributed by atoms with Crippen LogP contribution in [0.25, 0.3) is 0 Å². The van der Waals surface area contributed by atoms with Gasteiger partial charge in [0.15, 0.2) is 0 Å². The Hall–Kier alpha value is -2.56. The molecule has 0 saturated heterocycles. The van der Waals surface area contributed by atoms with Gasteiger partial charge in [-0.25, -0.2) is 0 Å². The summed E-state index contributed by atoms with van der Waals surface area (Å²) in [6.07, 6.45) is 7.71. The summed E-state index contributed by atoms with van der Waals surface area (Å²) in [5.74, 6) is 0.933. The predicted molar refractivity (Wildman–Crippen MR) is 118 cm³/mol. The largest absolute Gasteiger partial charge is 0.467 e. The van der Waals surface area contributed by atoms with Gasteiger partial charge in [0, 0.05) is 18.5 Å². The van der Waals surface area contributed by atoms with Gasteiger partial charge in [-0.05, 0) is 50.8 Å². The lowest BCUT2D eigenvalue weighted by Gasteiger charge is -2.33. The Bertz CT molecular complexity index is 780. The van der Waals surface area contributed by atoms with E-state index < -0.39 is 0 Å². The number of furan rings is 1. The molecular formula is C25H34N2O3. The molecule has 2 aromatic rings. The third-order valence-electron chi connectivity index (χ3n) is 5.96. The Labute approximate surface area is 180 Å². The monoisotopic (exact) mass is 410 g/mol. The molecule has 30 heavy (non-hydrogen) atoms. The number of amides is 2. The second kappa shape index (κ2) is 11.0. The van der Waals surface area contributed by atoms with Crippen LogP contribution in [0.3, 0.4) is 0 Å². The van der Waals surface area contributed by atoms with Crippen molar-refractivity contribution in [2.24, 2.45) is 5.92 Å². The first-order valence-corrected chi connectivity index (χ1v) is 11.2. The van der Waals surface area contributed by atoms with Crippen LogP contribution < -0.4 is 0 Å². The Balaban J connectivity index is 1.68. The fourth-order valence-electron chi connectivity index (χ4n) is 4.14. The molecular weight excluding hydrogens is 376 g/mol. The zero-order valence-electron chi connectivity index (χ0n) is 18.3. The smallest absolute Gasteiger partial charge is 0.242 e. The summed E-state index contributed by atoms with van der Waals surface area (Å²) in [7, 11) is 0. The zero-order valence-corrected chi connectivity index (χ0v) is 18.3. The van der Waals surface area contributed by atoms with Crippen LogP contribution in [0.2, 0.25) is 0 Å². The highest BCUT2D eigenvalue weighted by atomic mass is 16.3. The summed E-state index contributed by atoms with van der Waals surface area (Å²) in [5, 5.41) is 0. The molecule has 0 unspecified atom stereocenters. The number of hydrogen-bond donors (Lipinski definition) is 0. The third kappa shape index (κ3) is 6.22. The second-order valence-electron chi connectivity index (χ2n) is 8.53. The standard InChI is InChI=1S/C25H34N2O3/c1-20(2)27(25(29)22-12-7-4-8-13-22)19-24(28)26(18-23-14-9-17-30-23)16-15-21-10-5-3-6-11-21/h3,5-6,9-11,14,17,20,22H,4,7-8,12-13,15-16,18-19H2,1-2H3. The van der Waals surface area contributed by atoms with Crippen LogP contribution in [0.4, 0.5) is 0 Å². The molecule has 1 aliphatic carbocycles. The molecule has 3 rings (SSSR count). The lowest BCUT2D eigenvalue weighted by Crippen LogP contribution is -2.48. The van der Waals surface area contributed by atoms with E-state index in [1.54, 1.807) is 11.2 Å². The fraction of sp³-hybridized carbons (Fsp3) is 0.520. The molecule has 5 heteroatoms. The summed E-state index contributed by atoms with van der Waals surface area (Å²) in [4.78, 5) is 30.0. The molecule has 1 saturated carbocycles. The molecule has 0 N–H and O–H groups in total. The topological polar surface area (TPSA) is 53.8 Å². The molecule has 0 radical (unpaired) electrons. The maximum absolute atomic E-state index is 13.3. The van der Waals surface area contributed by atoms with Gasteiger partial charge in [-0.15, -0.1) is 0 Å². The predicted octanol–water partition coefficient (Wildman–Crippen LogP) is 4.67. The summed E-state index contributed by atoms with van der Waals surface area (Å²) < 4.78 is 5.49. The highest BCUT2D eigenvalue weighted by Crippen LogP contribution is 2.26. The fourth-order valence-corrected chi connectivity index (χ4v) is 4.14. The van der Waals surface area contributed by atoms with Crippen molar-refractivity contribution in [3.05, 3.63) is 60.1 Å². The molecule has 1 aromatic heterocycles. The maximum Gasteiger partial charge on any atom is 0.242 e. The minimum Gasteiger partial charge on any atom is -0.467 e. The Morgan fingerprint density at radius 3 is 2.40 bits per heavy atom. The van der Waals surface area contributed by atoms with Crippen molar-refractivity contribution >= 4 is 11.8 Å². The van der Waals surface area contributed by atoms with Crippen molar-refractivity contribution < 1.29 is 14.0 Å². The molecule has 0 atom stereocenters. The quantitative estimate of drug-likeness (QED) is 0.604. The van der Waals surface area contributed by atoms with Crippen LogP contribution in [0.1, 0.15) is 57.3 Å². The van der Waals surface area contributed by atoms with Gasteiger partial charge in [-0.3, -0.25) is 9.59 Å². The summed E-state index contributed by atoms with van der Waals surface area (Å²) in [5.41, 5.74) is 1.19. The van der Waals surface area contributed by atoms with Gasteiger partial charge in [0.05, 0.1) is 19.4 Å². The van der Waals surface area contributed by atoms with Crippen molar-refractivity contribution in [3.8, 4) is 0 Å². The van der Waals surface area contributed by atoms with Gasteiger partial charge in [0.25, 0.3) is 0 Å². The maximum atomic E-state index is 13.3. The number of nitrogens with zero attached hydrogens (tertiary/aromatic N) is 2. The Kier molecular flexibility index (Phi) is 8.12. The number of hydrogen-bond acceptors (Lipinski definition) is 3. The molecule has 5 nitrogen and oxygen atoms in total. The average Bonchev–Trinajstić information content (AvgIpc) is 3.28. The number of carbonyl (C=O) groups is 2. The van der Waals surface area contributed by atoms with Crippen molar-refractivity contribution in [2.45, 2.75) is 65.0 Å². The van der Waals surface area contributed by atoms with Crippen molar-refractivity contribution in [1.29, 1.82) is 0 Å². The van der Waals surface area contributed by atoms with E-state index in [0.717, 1.165) is 37.9 Å². The molecule has 1 aromatic carbocycles. The first-order chi connectivity index (χ1) is 14.5. The molecule has 0 bridgehead atoms. The number of rotatable bonds is 9.